The van der Waals surface area contributed by atoms with E-state index in [9.17, 15) is 5.11 Å². The standard InChI is InChI=1S/C14H16O/c1-10-7-13(2)12-6-4-3-5-11(12)8-14(10,13)9-15/h3-6,15H,1,7-9H2,2H3/t13-,14+/m0/s1. The maximum atomic E-state index is 9.69. The Morgan fingerprint density at radius 1 is 1.33 bits per heavy atom. The average molecular weight is 200 g/mol. The summed E-state index contributed by atoms with van der Waals surface area (Å²) in [5.41, 5.74) is 4.12. The minimum Gasteiger partial charge on any atom is -0.395 e. The first kappa shape index (κ1) is 9.17. The summed E-state index contributed by atoms with van der Waals surface area (Å²) in [6.07, 6.45) is 2.00. The molecule has 0 radical (unpaired) electrons. The Morgan fingerprint density at radius 2 is 2.07 bits per heavy atom. The van der Waals surface area contributed by atoms with Gasteiger partial charge in [0.2, 0.25) is 0 Å². The molecular weight excluding hydrogens is 184 g/mol. The molecule has 78 valence electrons. The van der Waals surface area contributed by atoms with Crippen molar-refractivity contribution < 1.29 is 5.11 Å². The van der Waals surface area contributed by atoms with Crippen molar-refractivity contribution in [2.45, 2.75) is 25.2 Å². The molecule has 2 atom stereocenters. The van der Waals surface area contributed by atoms with Crippen LogP contribution in [0.3, 0.4) is 0 Å². The van der Waals surface area contributed by atoms with Gasteiger partial charge < -0.3 is 5.11 Å². The van der Waals surface area contributed by atoms with Crippen molar-refractivity contribution in [1.82, 2.24) is 0 Å². The van der Waals surface area contributed by atoms with Gasteiger partial charge in [0, 0.05) is 10.8 Å². The van der Waals surface area contributed by atoms with Crippen molar-refractivity contribution >= 4 is 0 Å². The molecule has 0 aliphatic heterocycles. The Bertz CT molecular complexity index is 448. The molecule has 1 heteroatoms. The van der Waals surface area contributed by atoms with Crippen LogP contribution >= 0.6 is 0 Å². The minimum absolute atomic E-state index is 0.0588. The Balaban J connectivity index is 2.20. The van der Waals surface area contributed by atoms with E-state index >= 15 is 0 Å². The predicted octanol–water partition coefficient (Wildman–Crippen LogP) is 2.44. The summed E-state index contributed by atoms with van der Waals surface area (Å²) in [6.45, 7) is 6.62. The molecule has 1 aromatic carbocycles. The van der Waals surface area contributed by atoms with Gasteiger partial charge in [-0.1, -0.05) is 43.3 Å². The number of fused-ring (bicyclic) bond motifs is 3. The van der Waals surface area contributed by atoms with Crippen molar-refractivity contribution in [2.24, 2.45) is 5.41 Å². The Morgan fingerprint density at radius 3 is 2.73 bits per heavy atom. The van der Waals surface area contributed by atoms with Crippen LogP contribution in [-0.4, -0.2) is 11.7 Å². The van der Waals surface area contributed by atoms with Gasteiger partial charge in [0.25, 0.3) is 0 Å². The molecule has 1 nitrogen and oxygen atoms in total. The monoisotopic (exact) mass is 200 g/mol. The van der Waals surface area contributed by atoms with E-state index in [4.69, 9.17) is 0 Å². The highest BCUT2D eigenvalue weighted by Gasteiger charge is 2.63. The Labute approximate surface area is 90.4 Å². The highest BCUT2D eigenvalue weighted by molar-refractivity contribution is 5.53. The molecule has 3 rings (SSSR count). The van der Waals surface area contributed by atoms with Crippen molar-refractivity contribution in [2.75, 3.05) is 6.61 Å². The molecule has 1 fully saturated rings. The molecule has 0 spiro atoms. The SMILES string of the molecule is C=C1C[C@@]2(C)c3ccccc3C[C@@]12CO. The van der Waals surface area contributed by atoms with E-state index in [0.717, 1.165) is 12.8 Å². The van der Waals surface area contributed by atoms with Gasteiger partial charge in [-0.3, -0.25) is 0 Å². The zero-order valence-corrected chi connectivity index (χ0v) is 9.09. The lowest BCUT2D eigenvalue weighted by Crippen LogP contribution is -2.54. The van der Waals surface area contributed by atoms with Gasteiger partial charge in [-0.05, 0) is 24.0 Å². The van der Waals surface area contributed by atoms with Crippen LogP contribution in [0.1, 0.15) is 24.5 Å². The molecule has 0 amide bonds. The quantitative estimate of drug-likeness (QED) is 0.690. The van der Waals surface area contributed by atoms with Crippen LogP contribution in [0.25, 0.3) is 0 Å². The molecule has 1 aromatic rings. The van der Waals surface area contributed by atoms with Crippen molar-refractivity contribution in [1.29, 1.82) is 0 Å². The van der Waals surface area contributed by atoms with E-state index in [1.165, 1.54) is 16.7 Å². The molecule has 0 saturated heterocycles. The first-order valence-electron chi connectivity index (χ1n) is 5.51. The highest BCUT2D eigenvalue weighted by atomic mass is 16.3. The van der Waals surface area contributed by atoms with E-state index in [-0.39, 0.29) is 17.4 Å². The molecule has 0 bridgehead atoms. The van der Waals surface area contributed by atoms with Gasteiger partial charge in [0.15, 0.2) is 0 Å². The third-order valence-electron chi connectivity index (χ3n) is 4.67. The van der Waals surface area contributed by atoms with E-state index < -0.39 is 0 Å². The lowest BCUT2D eigenvalue weighted by atomic mass is 9.48. The van der Waals surface area contributed by atoms with E-state index in [0.29, 0.717) is 0 Å². The molecule has 0 unspecified atom stereocenters. The maximum absolute atomic E-state index is 9.69. The zero-order chi connectivity index (χ0) is 10.7. The number of rotatable bonds is 1. The summed E-state index contributed by atoms with van der Waals surface area (Å²) < 4.78 is 0. The number of benzene rings is 1. The normalized spacial score (nSPS) is 37.1. The average Bonchev–Trinajstić information content (AvgIpc) is 2.45. The van der Waals surface area contributed by atoms with E-state index in [1.54, 1.807) is 0 Å². The molecule has 0 aromatic heterocycles. The van der Waals surface area contributed by atoms with Gasteiger partial charge in [-0.15, -0.1) is 0 Å². The lowest BCUT2D eigenvalue weighted by molar-refractivity contribution is 0.0355. The van der Waals surface area contributed by atoms with Crippen LogP contribution in [0.5, 0.6) is 0 Å². The molecular formula is C14H16O. The fourth-order valence-corrected chi connectivity index (χ4v) is 3.60. The van der Waals surface area contributed by atoms with Gasteiger partial charge in [0.1, 0.15) is 0 Å². The van der Waals surface area contributed by atoms with Gasteiger partial charge >= 0.3 is 0 Å². The minimum atomic E-state index is -0.0588. The van der Waals surface area contributed by atoms with Gasteiger partial charge in [-0.25, -0.2) is 0 Å². The smallest absolute Gasteiger partial charge is 0.0536 e. The third kappa shape index (κ3) is 0.799. The zero-order valence-electron chi connectivity index (χ0n) is 9.09. The topological polar surface area (TPSA) is 20.2 Å². The molecule has 2 aliphatic carbocycles. The summed E-state index contributed by atoms with van der Waals surface area (Å²) in [5.74, 6) is 0. The van der Waals surface area contributed by atoms with Gasteiger partial charge in [0.05, 0.1) is 6.61 Å². The number of aliphatic hydroxyl groups is 1. The van der Waals surface area contributed by atoms with Crippen LogP contribution < -0.4 is 0 Å². The van der Waals surface area contributed by atoms with Crippen LogP contribution in [-0.2, 0) is 11.8 Å². The molecule has 2 aliphatic rings. The fraction of sp³-hybridized carbons (Fsp3) is 0.429. The summed E-state index contributed by atoms with van der Waals surface area (Å²) in [4.78, 5) is 0. The van der Waals surface area contributed by atoms with Crippen LogP contribution in [0.4, 0.5) is 0 Å². The first-order chi connectivity index (χ1) is 7.14. The van der Waals surface area contributed by atoms with Crippen molar-refractivity contribution in [3.63, 3.8) is 0 Å². The van der Waals surface area contributed by atoms with Crippen LogP contribution in [0.15, 0.2) is 36.4 Å². The predicted molar refractivity (Wildman–Crippen MR) is 60.8 cm³/mol. The van der Waals surface area contributed by atoms with Gasteiger partial charge in [-0.2, -0.15) is 0 Å². The fourth-order valence-electron chi connectivity index (χ4n) is 3.60. The Hall–Kier alpha value is -1.08. The molecule has 1 N–H and O–H groups in total. The van der Waals surface area contributed by atoms with E-state index in [2.05, 4.69) is 37.8 Å². The summed E-state index contributed by atoms with van der Waals surface area (Å²) in [6, 6.07) is 8.57. The summed E-state index contributed by atoms with van der Waals surface area (Å²) in [5, 5.41) is 9.69. The van der Waals surface area contributed by atoms with Crippen molar-refractivity contribution in [3.8, 4) is 0 Å². The highest BCUT2D eigenvalue weighted by Crippen LogP contribution is 2.66. The van der Waals surface area contributed by atoms with Crippen molar-refractivity contribution in [3.05, 3.63) is 47.5 Å². The largest absolute Gasteiger partial charge is 0.395 e. The second-order valence-electron chi connectivity index (χ2n) is 5.19. The lowest BCUT2D eigenvalue weighted by Gasteiger charge is -2.55. The number of hydrogen-bond acceptors (Lipinski definition) is 1. The van der Waals surface area contributed by atoms with E-state index in [1.807, 2.05) is 0 Å². The number of aliphatic hydroxyl groups excluding tert-OH is 1. The molecule has 1 saturated carbocycles. The number of hydrogen-bond donors (Lipinski definition) is 1. The van der Waals surface area contributed by atoms with Crippen LogP contribution in [0.2, 0.25) is 0 Å². The summed E-state index contributed by atoms with van der Waals surface area (Å²) >= 11 is 0. The Kier molecular flexibility index (Phi) is 1.55. The third-order valence-corrected chi connectivity index (χ3v) is 4.67. The molecule has 15 heavy (non-hydrogen) atoms. The molecule has 0 heterocycles. The second kappa shape index (κ2) is 2.53. The van der Waals surface area contributed by atoms with Crippen LogP contribution in [0, 0.1) is 5.41 Å². The second-order valence-corrected chi connectivity index (χ2v) is 5.19. The maximum Gasteiger partial charge on any atom is 0.0536 e. The first-order valence-corrected chi connectivity index (χ1v) is 5.51. The summed E-state index contributed by atoms with van der Waals surface area (Å²) in [7, 11) is 0.